The Hall–Kier alpha value is -2.75. The first-order chi connectivity index (χ1) is 10.2. The van der Waals surface area contributed by atoms with Crippen molar-refractivity contribution in [1.82, 2.24) is 4.98 Å². The fraction of sp³-hybridized carbons (Fsp3) is 0.118. The summed E-state index contributed by atoms with van der Waals surface area (Å²) in [6.07, 6.45) is 0. The van der Waals surface area contributed by atoms with Crippen LogP contribution in [0.2, 0.25) is 0 Å². The fourth-order valence-corrected chi connectivity index (χ4v) is 2.34. The van der Waals surface area contributed by atoms with Gasteiger partial charge in [0.2, 0.25) is 0 Å². The van der Waals surface area contributed by atoms with E-state index in [0.717, 1.165) is 28.0 Å². The lowest BCUT2D eigenvalue weighted by molar-refractivity contribution is 0.102. The summed E-state index contributed by atoms with van der Waals surface area (Å²) in [5.41, 5.74) is 3.48. The molecule has 3 aromatic rings. The quantitative estimate of drug-likeness (QED) is 0.768. The van der Waals surface area contributed by atoms with Crippen molar-refractivity contribution in [2.24, 2.45) is 0 Å². The van der Waals surface area contributed by atoms with Crippen LogP contribution in [0.5, 0.6) is 5.75 Å². The van der Waals surface area contributed by atoms with Crippen LogP contribution in [-0.4, -0.2) is 18.0 Å². The smallest absolute Gasteiger partial charge is 0.255 e. The number of nitrogens with one attached hydrogen (secondary N) is 2. The standard InChI is InChI=1S/C17H16N2O2/c1-11-10-14-15(18-11)4-3-5-16(14)19-17(20)12-6-8-13(21-2)9-7-12/h3-10,18H,1-2H3,(H,19,20). The fourth-order valence-electron chi connectivity index (χ4n) is 2.34. The van der Waals surface area contributed by atoms with Crippen LogP contribution >= 0.6 is 0 Å². The molecule has 0 spiro atoms. The molecule has 0 aliphatic heterocycles. The molecule has 0 radical (unpaired) electrons. The normalized spacial score (nSPS) is 10.6. The van der Waals surface area contributed by atoms with Crippen molar-refractivity contribution in [3.8, 4) is 5.75 Å². The summed E-state index contributed by atoms with van der Waals surface area (Å²) in [4.78, 5) is 15.6. The van der Waals surface area contributed by atoms with Crippen molar-refractivity contribution in [3.63, 3.8) is 0 Å². The predicted octanol–water partition coefficient (Wildman–Crippen LogP) is 3.74. The van der Waals surface area contributed by atoms with Gasteiger partial charge in [-0.05, 0) is 49.4 Å². The monoisotopic (exact) mass is 280 g/mol. The van der Waals surface area contributed by atoms with Crippen LogP contribution in [0.3, 0.4) is 0 Å². The Morgan fingerprint density at radius 2 is 1.90 bits per heavy atom. The third-order valence-corrected chi connectivity index (χ3v) is 3.40. The minimum atomic E-state index is -0.135. The lowest BCUT2D eigenvalue weighted by Gasteiger charge is -2.07. The number of aryl methyl sites for hydroxylation is 1. The van der Waals surface area contributed by atoms with Crippen LogP contribution in [0.1, 0.15) is 16.1 Å². The van der Waals surface area contributed by atoms with E-state index < -0.39 is 0 Å². The molecule has 0 aliphatic rings. The number of anilines is 1. The summed E-state index contributed by atoms with van der Waals surface area (Å²) in [5, 5.41) is 3.96. The van der Waals surface area contributed by atoms with E-state index in [-0.39, 0.29) is 5.91 Å². The maximum Gasteiger partial charge on any atom is 0.255 e. The van der Waals surface area contributed by atoms with Crippen molar-refractivity contribution >= 4 is 22.5 Å². The number of carbonyl (C=O) groups excluding carboxylic acids is 1. The molecule has 2 aromatic carbocycles. The molecule has 2 N–H and O–H groups in total. The Bertz CT molecular complexity index is 788. The summed E-state index contributed by atoms with van der Waals surface area (Å²) in [7, 11) is 1.60. The van der Waals surface area contributed by atoms with E-state index in [9.17, 15) is 4.79 Å². The van der Waals surface area contributed by atoms with Crippen LogP contribution in [0.25, 0.3) is 10.9 Å². The summed E-state index contributed by atoms with van der Waals surface area (Å²) in [5.74, 6) is 0.596. The molecule has 3 rings (SSSR count). The highest BCUT2D eigenvalue weighted by Crippen LogP contribution is 2.24. The zero-order chi connectivity index (χ0) is 14.8. The minimum absolute atomic E-state index is 0.135. The molecular weight excluding hydrogens is 264 g/mol. The first-order valence-electron chi connectivity index (χ1n) is 6.71. The molecule has 0 aliphatic carbocycles. The molecular formula is C17H16N2O2. The molecule has 0 saturated heterocycles. The van der Waals surface area contributed by atoms with Gasteiger partial charge in [0.25, 0.3) is 5.91 Å². The number of benzene rings is 2. The summed E-state index contributed by atoms with van der Waals surface area (Å²) in [6, 6.07) is 14.9. The third kappa shape index (κ3) is 2.60. The number of carbonyl (C=O) groups is 1. The molecule has 0 saturated carbocycles. The summed E-state index contributed by atoms with van der Waals surface area (Å²) in [6.45, 7) is 2.00. The van der Waals surface area contributed by atoms with Crippen molar-refractivity contribution in [1.29, 1.82) is 0 Å². The zero-order valence-electron chi connectivity index (χ0n) is 11.9. The number of rotatable bonds is 3. The number of amides is 1. The number of aromatic amines is 1. The van der Waals surface area contributed by atoms with Crippen LogP contribution in [0.4, 0.5) is 5.69 Å². The van der Waals surface area contributed by atoms with E-state index >= 15 is 0 Å². The van der Waals surface area contributed by atoms with E-state index in [1.54, 1.807) is 31.4 Å². The number of methoxy groups -OCH3 is 1. The summed E-state index contributed by atoms with van der Waals surface area (Å²) < 4.78 is 5.09. The minimum Gasteiger partial charge on any atom is -0.497 e. The van der Waals surface area contributed by atoms with Gasteiger partial charge in [0.05, 0.1) is 12.8 Å². The molecule has 106 valence electrons. The summed E-state index contributed by atoms with van der Waals surface area (Å²) >= 11 is 0. The number of hydrogen-bond donors (Lipinski definition) is 2. The van der Waals surface area contributed by atoms with Gasteiger partial charge in [-0.3, -0.25) is 4.79 Å². The second kappa shape index (κ2) is 5.32. The number of fused-ring (bicyclic) bond motifs is 1. The van der Waals surface area contributed by atoms with Gasteiger partial charge in [0.1, 0.15) is 5.75 Å². The van der Waals surface area contributed by atoms with Crippen molar-refractivity contribution in [2.45, 2.75) is 6.92 Å². The largest absolute Gasteiger partial charge is 0.497 e. The Balaban J connectivity index is 1.88. The molecule has 0 atom stereocenters. The number of H-pyrrole nitrogens is 1. The third-order valence-electron chi connectivity index (χ3n) is 3.40. The van der Waals surface area contributed by atoms with E-state index in [0.29, 0.717) is 5.56 Å². The molecule has 4 nitrogen and oxygen atoms in total. The topological polar surface area (TPSA) is 54.1 Å². The van der Waals surface area contributed by atoms with Crippen LogP contribution < -0.4 is 10.1 Å². The molecule has 1 aromatic heterocycles. The molecule has 0 unspecified atom stereocenters. The molecule has 1 heterocycles. The lowest BCUT2D eigenvalue weighted by atomic mass is 10.1. The van der Waals surface area contributed by atoms with Crippen molar-refractivity contribution in [3.05, 3.63) is 59.8 Å². The molecule has 1 amide bonds. The maximum atomic E-state index is 12.3. The highest BCUT2D eigenvalue weighted by Gasteiger charge is 2.09. The van der Waals surface area contributed by atoms with Crippen molar-refractivity contribution < 1.29 is 9.53 Å². The zero-order valence-corrected chi connectivity index (χ0v) is 11.9. The Morgan fingerprint density at radius 3 is 2.62 bits per heavy atom. The van der Waals surface area contributed by atoms with Crippen LogP contribution in [-0.2, 0) is 0 Å². The van der Waals surface area contributed by atoms with Gasteiger partial charge in [0.15, 0.2) is 0 Å². The highest BCUT2D eigenvalue weighted by atomic mass is 16.5. The van der Waals surface area contributed by atoms with Gasteiger partial charge in [-0.15, -0.1) is 0 Å². The number of hydrogen-bond acceptors (Lipinski definition) is 2. The van der Waals surface area contributed by atoms with E-state index in [4.69, 9.17) is 4.74 Å². The lowest BCUT2D eigenvalue weighted by Crippen LogP contribution is -2.11. The Labute approximate surface area is 122 Å². The maximum absolute atomic E-state index is 12.3. The van der Waals surface area contributed by atoms with Gasteiger partial charge < -0.3 is 15.0 Å². The molecule has 21 heavy (non-hydrogen) atoms. The molecule has 0 bridgehead atoms. The van der Waals surface area contributed by atoms with Gasteiger partial charge >= 0.3 is 0 Å². The Morgan fingerprint density at radius 1 is 1.14 bits per heavy atom. The second-order valence-electron chi connectivity index (χ2n) is 4.90. The average molecular weight is 280 g/mol. The molecule has 4 heteroatoms. The van der Waals surface area contributed by atoms with Crippen LogP contribution in [0.15, 0.2) is 48.5 Å². The Kier molecular flexibility index (Phi) is 3.36. The van der Waals surface area contributed by atoms with Gasteiger partial charge in [-0.25, -0.2) is 0 Å². The second-order valence-corrected chi connectivity index (χ2v) is 4.90. The molecule has 0 fully saturated rings. The van der Waals surface area contributed by atoms with E-state index in [1.165, 1.54) is 0 Å². The first kappa shape index (κ1) is 13.2. The van der Waals surface area contributed by atoms with Gasteiger partial charge in [-0.1, -0.05) is 6.07 Å². The number of aromatic nitrogens is 1. The predicted molar refractivity (Wildman–Crippen MR) is 84.0 cm³/mol. The highest BCUT2D eigenvalue weighted by molar-refractivity contribution is 6.08. The van der Waals surface area contributed by atoms with Crippen LogP contribution in [0, 0.1) is 6.92 Å². The SMILES string of the molecule is COc1ccc(C(=O)Nc2cccc3[nH]c(C)cc23)cc1. The average Bonchev–Trinajstić information content (AvgIpc) is 2.88. The van der Waals surface area contributed by atoms with Gasteiger partial charge in [-0.2, -0.15) is 0 Å². The van der Waals surface area contributed by atoms with Crippen molar-refractivity contribution in [2.75, 3.05) is 12.4 Å². The van der Waals surface area contributed by atoms with E-state index in [1.807, 2.05) is 31.2 Å². The van der Waals surface area contributed by atoms with Gasteiger partial charge in [0, 0.05) is 22.2 Å². The first-order valence-corrected chi connectivity index (χ1v) is 6.71. The van der Waals surface area contributed by atoms with E-state index in [2.05, 4.69) is 10.3 Å². The number of ether oxygens (including phenoxy) is 1.